The maximum absolute atomic E-state index is 8.45. The molecule has 0 aromatic carbocycles. The van der Waals surface area contributed by atoms with E-state index in [1.807, 2.05) is 0 Å². The minimum absolute atomic E-state index is 0.159. The van der Waals surface area contributed by atoms with Crippen molar-refractivity contribution in [1.29, 1.82) is 0 Å². The van der Waals surface area contributed by atoms with E-state index in [4.69, 9.17) is 39.9 Å². The number of hydrogen-bond donors (Lipinski definition) is 2. The van der Waals surface area contributed by atoms with E-state index < -0.39 is 0 Å². The smallest absolute Gasteiger partial charge is 0.183 e. The summed E-state index contributed by atoms with van der Waals surface area (Å²) in [6.07, 6.45) is 3.41. The Bertz CT molecular complexity index is 478. The predicted molar refractivity (Wildman–Crippen MR) is 82.6 cm³/mol. The van der Waals surface area contributed by atoms with Crippen LogP contribution in [0.1, 0.15) is 9.75 Å². The van der Waals surface area contributed by atoms with Crippen LogP contribution in [-0.2, 0) is 12.4 Å². The van der Waals surface area contributed by atoms with Gasteiger partial charge in [-0.2, -0.15) is 0 Å². The maximum Gasteiger partial charge on any atom is 0.183 e. The molecule has 0 aliphatic rings. The Morgan fingerprint density at radius 2 is 1.68 bits per heavy atom. The predicted octanol–water partition coefficient (Wildman–Crippen LogP) is 3.41. The lowest BCUT2D eigenvalue weighted by Gasteiger charge is -1.96. The molecule has 0 bridgehead atoms. The van der Waals surface area contributed by atoms with Crippen LogP contribution in [0.25, 0.3) is 0 Å². The van der Waals surface area contributed by atoms with Gasteiger partial charge >= 0.3 is 0 Å². The standard InChI is InChI=1S/C6H9ClN2OS.C4H3Cl2NS/c7-6-9-4-5(11-6)3-8-1-2-10;5-1-3-2-7-4(6)8-3/h4,8,10H,1-3H2;2H,1H2. The van der Waals surface area contributed by atoms with E-state index in [-0.39, 0.29) is 6.61 Å². The minimum Gasteiger partial charge on any atom is -0.395 e. The van der Waals surface area contributed by atoms with Crippen molar-refractivity contribution in [2.45, 2.75) is 12.4 Å². The van der Waals surface area contributed by atoms with Crippen LogP contribution in [0.4, 0.5) is 0 Å². The molecule has 0 aliphatic heterocycles. The van der Waals surface area contributed by atoms with Crippen molar-refractivity contribution >= 4 is 57.5 Å². The third-order valence-electron chi connectivity index (χ3n) is 1.77. The number of thiazole rings is 2. The first-order chi connectivity index (χ1) is 9.15. The van der Waals surface area contributed by atoms with Gasteiger partial charge in [-0.1, -0.05) is 23.2 Å². The highest BCUT2D eigenvalue weighted by Gasteiger charge is 1.97. The van der Waals surface area contributed by atoms with Gasteiger partial charge in [-0.15, -0.1) is 34.3 Å². The molecule has 4 nitrogen and oxygen atoms in total. The van der Waals surface area contributed by atoms with Crippen molar-refractivity contribution in [3.8, 4) is 0 Å². The van der Waals surface area contributed by atoms with Crippen LogP contribution in [0.2, 0.25) is 8.93 Å². The first-order valence-corrected chi connectivity index (χ1v) is 8.16. The number of nitrogens with zero attached hydrogens (tertiary/aromatic N) is 2. The highest BCUT2D eigenvalue weighted by molar-refractivity contribution is 7.16. The number of aliphatic hydroxyl groups excluding tert-OH is 1. The number of hydrogen-bond acceptors (Lipinski definition) is 6. The Labute approximate surface area is 134 Å². The maximum atomic E-state index is 8.45. The summed E-state index contributed by atoms with van der Waals surface area (Å²) in [5.74, 6) is 0.504. The lowest BCUT2D eigenvalue weighted by atomic mass is 10.5. The molecule has 2 rings (SSSR count). The van der Waals surface area contributed by atoms with E-state index in [0.717, 1.165) is 16.3 Å². The first kappa shape index (κ1) is 17.1. The molecule has 0 fully saturated rings. The average molecular weight is 361 g/mol. The van der Waals surface area contributed by atoms with E-state index in [2.05, 4.69) is 15.3 Å². The molecule has 2 aromatic heterocycles. The Kier molecular flexibility index (Phi) is 8.89. The molecule has 0 aliphatic carbocycles. The Morgan fingerprint density at radius 1 is 1.11 bits per heavy atom. The number of aromatic nitrogens is 2. The summed E-state index contributed by atoms with van der Waals surface area (Å²) in [6, 6.07) is 0. The van der Waals surface area contributed by atoms with E-state index in [0.29, 0.717) is 21.4 Å². The Balaban J connectivity index is 0.000000200. The second kappa shape index (κ2) is 9.88. The molecule has 0 amide bonds. The molecule has 0 saturated heterocycles. The molecule has 2 N–H and O–H groups in total. The van der Waals surface area contributed by atoms with Gasteiger partial charge in [-0.05, 0) is 0 Å². The zero-order valence-electron chi connectivity index (χ0n) is 9.78. The molecular formula is C10H12Cl3N3OS2. The quantitative estimate of drug-likeness (QED) is 0.633. The highest BCUT2D eigenvalue weighted by atomic mass is 35.5. The Morgan fingerprint density at radius 3 is 2.05 bits per heavy atom. The monoisotopic (exact) mass is 359 g/mol. The summed E-state index contributed by atoms with van der Waals surface area (Å²) in [5, 5.41) is 11.5. The van der Waals surface area contributed by atoms with Crippen LogP contribution in [0.15, 0.2) is 12.4 Å². The zero-order valence-corrected chi connectivity index (χ0v) is 13.7. The lowest BCUT2D eigenvalue weighted by molar-refractivity contribution is 0.292. The summed E-state index contributed by atoms with van der Waals surface area (Å²) < 4.78 is 1.12. The average Bonchev–Trinajstić information content (AvgIpc) is 2.99. The lowest BCUT2D eigenvalue weighted by Crippen LogP contribution is -2.16. The third kappa shape index (κ3) is 7.41. The topological polar surface area (TPSA) is 58.0 Å². The number of rotatable bonds is 5. The summed E-state index contributed by atoms with van der Waals surface area (Å²) in [6.45, 7) is 1.49. The van der Waals surface area contributed by atoms with Crippen LogP contribution in [0.3, 0.4) is 0 Å². The summed E-state index contributed by atoms with van der Waals surface area (Å²) in [5.41, 5.74) is 0. The van der Waals surface area contributed by atoms with Crippen LogP contribution in [-0.4, -0.2) is 28.2 Å². The summed E-state index contributed by atoms with van der Waals surface area (Å²) in [7, 11) is 0. The van der Waals surface area contributed by atoms with Gasteiger partial charge in [0.15, 0.2) is 8.93 Å². The first-order valence-electron chi connectivity index (χ1n) is 5.23. The fraction of sp³-hybridized carbons (Fsp3) is 0.400. The van der Waals surface area contributed by atoms with Gasteiger partial charge in [-0.3, -0.25) is 0 Å². The molecule has 2 aromatic rings. The van der Waals surface area contributed by atoms with E-state index in [1.165, 1.54) is 22.7 Å². The van der Waals surface area contributed by atoms with Crippen molar-refractivity contribution in [3.63, 3.8) is 0 Å². The van der Waals surface area contributed by atoms with Gasteiger partial charge in [0.25, 0.3) is 0 Å². The van der Waals surface area contributed by atoms with Crippen molar-refractivity contribution in [2.75, 3.05) is 13.2 Å². The molecular weight excluding hydrogens is 349 g/mol. The fourth-order valence-corrected chi connectivity index (χ4v) is 3.01. The van der Waals surface area contributed by atoms with E-state index >= 15 is 0 Å². The molecule has 19 heavy (non-hydrogen) atoms. The zero-order chi connectivity index (χ0) is 14.1. The molecule has 0 unspecified atom stereocenters. The second-order valence-corrected chi connectivity index (χ2v) is 6.85. The van der Waals surface area contributed by atoms with Crippen LogP contribution in [0, 0.1) is 0 Å². The second-order valence-electron chi connectivity index (χ2n) is 3.19. The van der Waals surface area contributed by atoms with Gasteiger partial charge in [0.1, 0.15) is 0 Å². The molecule has 0 radical (unpaired) electrons. The molecule has 0 saturated carbocycles. The van der Waals surface area contributed by atoms with Gasteiger partial charge in [0, 0.05) is 35.2 Å². The van der Waals surface area contributed by atoms with Gasteiger partial charge in [0.05, 0.1) is 12.5 Å². The molecule has 0 spiro atoms. The number of halogens is 3. The number of alkyl halides is 1. The van der Waals surface area contributed by atoms with Gasteiger partial charge in [-0.25, -0.2) is 9.97 Å². The SMILES string of the molecule is ClCc1cnc(Cl)s1.OCCNCc1cnc(Cl)s1. The summed E-state index contributed by atoms with van der Waals surface area (Å²) in [4.78, 5) is 9.76. The van der Waals surface area contributed by atoms with Crippen LogP contribution >= 0.6 is 57.5 Å². The van der Waals surface area contributed by atoms with E-state index in [9.17, 15) is 0 Å². The van der Waals surface area contributed by atoms with Crippen molar-refractivity contribution in [3.05, 3.63) is 31.1 Å². The summed E-state index contributed by atoms with van der Waals surface area (Å²) >= 11 is 19.4. The number of aliphatic hydroxyl groups is 1. The van der Waals surface area contributed by atoms with E-state index in [1.54, 1.807) is 12.4 Å². The van der Waals surface area contributed by atoms with Gasteiger partial charge < -0.3 is 10.4 Å². The normalized spacial score (nSPS) is 10.1. The highest BCUT2D eigenvalue weighted by Crippen LogP contribution is 2.18. The van der Waals surface area contributed by atoms with Gasteiger partial charge in [0.2, 0.25) is 0 Å². The van der Waals surface area contributed by atoms with Crippen LogP contribution < -0.4 is 5.32 Å². The van der Waals surface area contributed by atoms with Crippen molar-refractivity contribution in [1.82, 2.24) is 15.3 Å². The third-order valence-corrected chi connectivity index (χ3v) is 4.45. The van der Waals surface area contributed by atoms with Crippen LogP contribution in [0.5, 0.6) is 0 Å². The van der Waals surface area contributed by atoms with Crippen molar-refractivity contribution < 1.29 is 5.11 Å². The fourth-order valence-electron chi connectivity index (χ4n) is 1.00. The largest absolute Gasteiger partial charge is 0.395 e. The van der Waals surface area contributed by atoms with Crippen molar-refractivity contribution in [2.24, 2.45) is 0 Å². The molecule has 0 atom stereocenters. The molecule has 2 heterocycles. The Hall–Kier alpha value is 0.0500. The molecule has 106 valence electrons. The minimum atomic E-state index is 0.159. The molecule has 9 heteroatoms. The number of nitrogens with one attached hydrogen (secondary N) is 1.